The predicted molar refractivity (Wildman–Crippen MR) is 72.7 cm³/mol. The Kier molecular flexibility index (Phi) is 4.12. The van der Waals surface area contributed by atoms with Crippen molar-refractivity contribution in [1.29, 1.82) is 0 Å². The van der Waals surface area contributed by atoms with E-state index in [2.05, 4.69) is 20.7 Å². The van der Waals surface area contributed by atoms with Crippen LogP contribution in [-0.4, -0.2) is 20.8 Å². The lowest BCUT2D eigenvalue weighted by Gasteiger charge is -2.14. The molecule has 0 aliphatic heterocycles. The normalized spacial score (nSPS) is 11.9. The highest BCUT2D eigenvalue weighted by Gasteiger charge is 2.09. The average molecular weight is 259 g/mol. The van der Waals surface area contributed by atoms with Gasteiger partial charge < -0.3 is 10.6 Å². The molecule has 2 rings (SSSR count). The standard InChI is InChI=1S/C13H17N5O/c1-3-18-9-12(8-15-18)17-13(19)16-10(2)11-4-6-14-7-5-11/h4-10H,3H2,1-2H3,(H2,16,17,19)/t10-/m0/s1. The fourth-order valence-corrected chi connectivity index (χ4v) is 1.70. The minimum Gasteiger partial charge on any atom is -0.331 e. The highest BCUT2D eigenvalue weighted by molar-refractivity contribution is 5.89. The van der Waals surface area contributed by atoms with Crippen molar-refractivity contribution in [2.45, 2.75) is 26.4 Å². The van der Waals surface area contributed by atoms with E-state index in [1.54, 1.807) is 29.5 Å². The number of pyridine rings is 1. The van der Waals surface area contributed by atoms with Gasteiger partial charge in [0.25, 0.3) is 0 Å². The number of carbonyl (C=O) groups excluding carboxylic acids is 1. The van der Waals surface area contributed by atoms with Gasteiger partial charge in [0, 0.05) is 25.1 Å². The molecule has 100 valence electrons. The lowest BCUT2D eigenvalue weighted by molar-refractivity contribution is 0.249. The van der Waals surface area contributed by atoms with Crippen LogP contribution in [0.3, 0.4) is 0 Å². The molecule has 0 radical (unpaired) electrons. The number of hydrogen-bond acceptors (Lipinski definition) is 3. The first-order valence-electron chi connectivity index (χ1n) is 6.19. The van der Waals surface area contributed by atoms with E-state index in [9.17, 15) is 4.79 Å². The number of hydrogen-bond donors (Lipinski definition) is 2. The Labute approximate surface area is 111 Å². The number of nitrogens with one attached hydrogen (secondary N) is 2. The second kappa shape index (κ2) is 5.99. The molecule has 0 aliphatic rings. The second-order valence-corrected chi connectivity index (χ2v) is 4.19. The molecule has 0 saturated carbocycles. The topological polar surface area (TPSA) is 71.8 Å². The third kappa shape index (κ3) is 3.54. The highest BCUT2D eigenvalue weighted by Crippen LogP contribution is 2.11. The van der Waals surface area contributed by atoms with Gasteiger partial charge in [-0.2, -0.15) is 5.10 Å². The molecule has 0 spiro atoms. The van der Waals surface area contributed by atoms with Gasteiger partial charge in [0.2, 0.25) is 0 Å². The Morgan fingerprint density at radius 1 is 1.42 bits per heavy atom. The van der Waals surface area contributed by atoms with Gasteiger partial charge >= 0.3 is 6.03 Å². The maximum absolute atomic E-state index is 11.8. The van der Waals surface area contributed by atoms with Crippen molar-refractivity contribution in [2.24, 2.45) is 0 Å². The van der Waals surface area contributed by atoms with Crippen molar-refractivity contribution in [2.75, 3.05) is 5.32 Å². The molecular formula is C13H17N5O. The summed E-state index contributed by atoms with van der Waals surface area (Å²) in [5, 5.41) is 9.70. The molecule has 2 N–H and O–H groups in total. The quantitative estimate of drug-likeness (QED) is 0.884. The van der Waals surface area contributed by atoms with Crippen LogP contribution < -0.4 is 10.6 Å². The Hall–Kier alpha value is -2.37. The molecule has 6 heteroatoms. The molecule has 0 unspecified atom stereocenters. The third-order valence-corrected chi connectivity index (χ3v) is 2.77. The van der Waals surface area contributed by atoms with Crippen molar-refractivity contribution in [1.82, 2.24) is 20.1 Å². The van der Waals surface area contributed by atoms with E-state index in [4.69, 9.17) is 0 Å². The number of aryl methyl sites for hydroxylation is 1. The van der Waals surface area contributed by atoms with Gasteiger partial charge in [-0.15, -0.1) is 0 Å². The van der Waals surface area contributed by atoms with Crippen molar-refractivity contribution < 1.29 is 4.79 Å². The summed E-state index contributed by atoms with van der Waals surface area (Å²) < 4.78 is 1.75. The zero-order valence-electron chi connectivity index (χ0n) is 11.0. The number of aromatic nitrogens is 3. The molecule has 2 amide bonds. The Morgan fingerprint density at radius 3 is 2.79 bits per heavy atom. The summed E-state index contributed by atoms with van der Waals surface area (Å²) in [6, 6.07) is 3.42. The summed E-state index contributed by atoms with van der Waals surface area (Å²) in [5.74, 6) is 0. The van der Waals surface area contributed by atoms with E-state index in [1.165, 1.54) is 0 Å². The molecule has 2 aromatic rings. The van der Waals surface area contributed by atoms with Gasteiger partial charge in [0.15, 0.2) is 0 Å². The number of amides is 2. The summed E-state index contributed by atoms with van der Waals surface area (Å²) in [6.07, 6.45) is 6.82. The first-order chi connectivity index (χ1) is 9.19. The van der Waals surface area contributed by atoms with Crippen LogP contribution in [-0.2, 0) is 6.54 Å². The molecule has 0 aromatic carbocycles. The SMILES string of the molecule is CCn1cc(NC(=O)N[C@@H](C)c2ccncc2)cn1. The number of rotatable bonds is 4. The van der Waals surface area contributed by atoms with E-state index in [1.807, 2.05) is 26.0 Å². The molecule has 2 heterocycles. The first kappa shape index (κ1) is 13.1. The predicted octanol–water partition coefficient (Wildman–Crippen LogP) is 2.18. The highest BCUT2D eigenvalue weighted by atomic mass is 16.2. The maximum Gasteiger partial charge on any atom is 0.319 e. The van der Waals surface area contributed by atoms with Crippen molar-refractivity contribution in [3.05, 3.63) is 42.5 Å². The van der Waals surface area contributed by atoms with Gasteiger partial charge in [-0.25, -0.2) is 4.79 Å². The molecule has 0 bridgehead atoms. The minimum absolute atomic E-state index is 0.0794. The smallest absolute Gasteiger partial charge is 0.319 e. The van der Waals surface area contributed by atoms with E-state index in [0.29, 0.717) is 5.69 Å². The van der Waals surface area contributed by atoms with Gasteiger partial charge in [0.1, 0.15) is 0 Å². The Bertz CT molecular complexity index is 537. The zero-order valence-corrected chi connectivity index (χ0v) is 11.0. The molecule has 1 atom stereocenters. The summed E-state index contributed by atoms with van der Waals surface area (Å²) in [7, 11) is 0. The second-order valence-electron chi connectivity index (χ2n) is 4.19. The van der Waals surface area contributed by atoms with Crippen molar-refractivity contribution in [3.8, 4) is 0 Å². The minimum atomic E-state index is -0.250. The van der Waals surface area contributed by atoms with Gasteiger partial charge in [-0.3, -0.25) is 9.67 Å². The van der Waals surface area contributed by atoms with E-state index < -0.39 is 0 Å². The molecule has 0 saturated heterocycles. The van der Waals surface area contributed by atoms with Crippen LogP contribution in [0, 0.1) is 0 Å². The van der Waals surface area contributed by atoms with Crippen LogP contribution in [0.4, 0.5) is 10.5 Å². The maximum atomic E-state index is 11.8. The lowest BCUT2D eigenvalue weighted by atomic mass is 10.1. The van der Waals surface area contributed by atoms with Crippen LogP contribution in [0.25, 0.3) is 0 Å². The largest absolute Gasteiger partial charge is 0.331 e. The number of anilines is 1. The van der Waals surface area contributed by atoms with Gasteiger partial charge in [0.05, 0.1) is 17.9 Å². The van der Waals surface area contributed by atoms with Crippen molar-refractivity contribution >= 4 is 11.7 Å². The fourth-order valence-electron chi connectivity index (χ4n) is 1.70. The number of urea groups is 1. The van der Waals surface area contributed by atoms with Gasteiger partial charge in [-0.1, -0.05) is 0 Å². The monoisotopic (exact) mass is 259 g/mol. The summed E-state index contributed by atoms with van der Waals surface area (Å²) in [4.78, 5) is 15.8. The Morgan fingerprint density at radius 2 is 2.16 bits per heavy atom. The third-order valence-electron chi connectivity index (χ3n) is 2.77. The number of nitrogens with zero attached hydrogens (tertiary/aromatic N) is 3. The summed E-state index contributed by atoms with van der Waals surface area (Å²) in [6.45, 7) is 4.68. The first-order valence-corrected chi connectivity index (χ1v) is 6.19. The average Bonchev–Trinajstić information content (AvgIpc) is 2.87. The van der Waals surface area contributed by atoms with Crippen LogP contribution >= 0.6 is 0 Å². The molecular weight excluding hydrogens is 242 g/mol. The summed E-state index contributed by atoms with van der Waals surface area (Å²) >= 11 is 0. The van der Waals surface area contributed by atoms with Crippen molar-refractivity contribution in [3.63, 3.8) is 0 Å². The van der Waals surface area contributed by atoms with Crippen LogP contribution in [0.1, 0.15) is 25.5 Å². The van der Waals surface area contributed by atoms with Crippen LogP contribution in [0.2, 0.25) is 0 Å². The van der Waals surface area contributed by atoms with E-state index in [-0.39, 0.29) is 12.1 Å². The molecule has 2 aromatic heterocycles. The number of carbonyl (C=O) groups is 1. The molecule has 0 fully saturated rings. The zero-order chi connectivity index (χ0) is 13.7. The molecule has 19 heavy (non-hydrogen) atoms. The fraction of sp³-hybridized carbons (Fsp3) is 0.308. The molecule has 6 nitrogen and oxygen atoms in total. The van der Waals surface area contributed by atoms with E-state index in [0.717, 1.165) is 12.1 Å². The summed E-state index contributed by atoms with van der Waals surface area (Å²) in [5.41, 5.74) is 1.69. The van der Waals surface area contributed by atoms with E-state index >= 15 is 0 Å². The lowest BCUT2D eigenvalue weighted by Crippen LogP contribution is -2.31. The van der Waals surface area contributed by atoms with Crippen LogP contribution in [0.15, 0.2) is 36.9 Å². The van der Waals surface area contributed by atoms with Crippen LogP contribution in [0.5, 0.6) is 0 Å². The van der Waals surface area contributed by atoms with Gasteiger partial charge in [-0.05, 0) is 31.5 Å². The Balaban J connectivity index is 1.91. The molecule has 0 aliphatic carbocycles.